The van der Waals surface area contributed by atoms with E-state index in [-0.39, 0.29) is 37.8 Å². The number of nitrogens with zero attached hydrogens (tertiary/aromatic N) is 1. The van der Waals surface area contributed by atoms with E-state index in [1.165, 1.54) is 12.0 Å². The molecule has 9 nitrogen and oxygen atoms in total. The molecule has 0 heterocycles. The van der Waals surface area contributed by atoms with Crippen LogP contribution in [0.25, 0.3) is 0 Å². The second-order valence-corrected chi connectivity index (χ2v) is 9.05. The van der Waals surface area contributed by atoms with Gasteiger partial charge < -0.3 is 19.5 Å². The molecule has 0 aliphatic carbocycles. The number of benzene rings is 1. The Balaban J connectivity index is 2.83. The van der Waals surface area contributed by atoms with Crippen LogP contribution in [0.3, 0.4) is 0 Å². The van der Waals surface area contributed by atoms with E-state index in [9.17, 15) is 19.2 Å². The summed E-state index contributed by atoms with van der Waals surface area (Å²) in [5.74, 6) is -0.822. The van der Waals surface area contributed by atoms with Crippen LogP contribution in [-0.2, 0) is 30.4 Å². The molecule has 1 rings (SSSR count). The number of carbonyl (C=O) groups excluding carboxylic acids is 4. The van der Waals surface area contributed by atoms with Crippen LogP contribution in [0.5, 0.6) is 0 Å². The maximum atomic E-state index is 12.9. The summed E-state index contributed by atoms with van der Waals surface area (Å²) >= 11 is 0. The minimum atomic E-state index is -0.898. The fourth-order valence-electron chi connectivity index (χ4n) is 2.93. The van der Waals surface area contributed by atoms with Gasteiger partial charge in [0.05, 0.1) is 13.7 Å². The van der Waals surface area contributed by atoms with Crippen molar-refractivity contribution in [1.82, 2.24) is 10.2 Å². The number of ketones is 1. The molecule has 1 N–H and O–H groups in total. The first-order chi connectivity index (χ1) is 15.4. The van der Waals surface area contributed by atoms with Crippen LogP contribution in [0.1, 0.15) is 53.0 Å². The van der Waals surface area contributed by atoms with Crippen LogP contribution in [0.15, 0.2) is 30.3 Å². The van der Waals surface area contributed by atoms with E-state index >= 15 is 0 Å². The fourth-order valence-corrected chi connectivity index (χ4v) is 2.93. The van der Waals surface area contributed by atoms with Crippen molar-refractivity contribution in [3.05, 3.63) is 35.9 Å². The predicted octanol–water partition coefficient (Wildman–Crippen LogP) is 3.70. The van der Waals surface area contributed by atoms with Gasteiger partial charge in [-0.1, -0.05) is 44.2 Å². The van der Waals surface area contributed by atoms with Gasteiger partial charge in [-0.05, 0) is 38.7 Å². The minimum absolute atomic E-state index is 0.0277. The van der Waals surface area contributed by atoms with Gasteiger partial charge in [0, 0.05) is 13.0 Å². The molecule has 1 atom stereocenters. The maximum absolute atomic E-state index is 12.9. The summed E-state index contributed by atoms with van der Waals surface area (Å²) in [5.41, 5.74) is 0.110. The van der Waals surface area contributed by atoms with Gasteiger partial charge in [-0.15, -0.1) is 0 Å². The zero-order valence-electron chi connectivity index (χ0n) is 20.4. The van der Waals surface area contributed by atoms with E-state index in [4.69, 9.17) is 14.2 Å². The minimum Gasteiger partial charge on any atom is -0.467 e. The van der Waals surface area contributed by atoms with Crippen LogP contribution in [0, 0.1) is 5.92 Å². The third kappa shape index (κ3) is 11.4. The first-order valence-electron chi connectivity index (χ1n) is 11.0. The third-order valence-electron chi connectivity index (χ3n) is 4.44. The topological polar surface area (TPSA) is 111 Å². The molecule has 0 aliphatic rings. The van der Waals surface area contributed by atoms with Gasteiger partial charge in [0.25, 0.3) is 0 Å². The molecule has 0 fully saturated rings. The Labute approximate surface area is 195 Å². The number of hydrogen-bond acceptors (Lipinski definition) is 7. The summed E-state index contributed by atoms with van der Waals surface area (Å²) in [6.45, 7) is 8.70. The number of carbonyl (C=O) groups is 4. The fraction of sp³-hybridized carbons (Fsp3) is 0.583. The van der Waals surface area contributed by atoms with E-state index in [1.54, 1.807) is 20.8 Å². The Morgan fingerprint density at radius 3 is 2.24 bits per heavy atom. The van der Waals surface area contributed by atoms with Crippen molar-refractivity contribution in [2.45, 2.75) is 65.7 Å². The maximum Gasteiger partial charge on any atom is 0.410 e. The van der Waals surface area contributed by atoms with Crippen molar-refractivity contribution in [3.63, 3.8) is 0 Å². The molecule has 33 heavy (non-hydrogen) atoms. The Hall–Kier alpha value is -3.10. The molecule has 0 spiro atoms. The molecule has 0 aliphatic heterocycles. The van der Waals surface area contributed by atoms with Crippen molar-refractivity contribution in [2.24, 2.45) is 5.92 Å². The molecular formula is C24H36N2O7. The van der Waals surface area contributed by atoms with Gasteiger partial charge in [-0.3, -0.25) is 9.69 Å². The van der Waals surface area contributed by atoms with Crippen molar-refractivity contribution in [1.29, 1.82) is 0 Å². The summed E-state index contributed by atoms with van der Waals surface area (Å²) in [4.78, 5) is 50.6. The highest BCUT2D eigenvalue weighted by Gasteiger charge is 2.32. The molecule has 1 aromatic carbocycles. The van der Waals surface area contributed by atoms with Crippen molar-refractivity contribution in [2.75, 3.05) is 20.2 Å². The molecule has 1 aromatic rings. The summed E-state index contributed by atoms with van der Waals surface area (Å²) in [6.07, 6.45) is -1.16. The van der Waals surface area contributed by atoms with Gasteiger partial charge in [0.1, 0.15) is 18.2 Å². The Bertz CT molecular complexity index is 788. The molecule has 0 saturated carbocycles. The number of Topliss-reactive ketones (excluding diaryl/α,β-unsaturated/α-hetero) is 1. The smallest absolute Gasteiger partial charge is 0.410 e. The standard InChI is InChI=1S/C24H36N2O7/c1-17(2)14-20(21(28)31-6)26(23(30)32-16-18-10-8-7-9-11-18)13-12-19(27)15-25-22(29)33-24(3,4)5/h7-11,17,20H,12-16H2,1-6H3,(H,25,29)/t20-/m0/s1. The van der Waals surface area contributed by atoms with Gasteiger partial charge in [0.2, 0.25) is 0 Å². The highest BCUT2D eigenvalue weighted by Crippen LogP contribution is 2.16. The molecule has 0 bridgehead atoms. The molecule has 2 amide bonds. The number of hydrogen-bond donors (Lipinski definition) is 1. The Morgan fingerprint density at radius 2 is 1.70 bits per heavy atom. The van der Waals surface area contributed by atoms with E-state index in [2.05, 4.69) is 5.32 Å². The second kappa shape index (κ2) is 13.4. The molecule has 0 aromatic heterocycles. The van der Waals surface area contributed by atoms with E-state index < -0.39 is 29.8 Å². The highest BCUT2D eigenvalue weighted by molar-refractivity contribution is 5.85. The van der Waals surface area contributed by atoms with Gasteiger partial charge >= 0.3 is 18.2 Å². The quantitative estimate of drug-likeness (QED) is 0.393. The number of rotatable bonds is 11. The number of ether oxygens (including phenoxy) is 3. The van der Waals surface area contributed by atoms with Gasteiger partial charge in [0.15, 0.2) is 5.78 Å². The second-order valence-electron chi connectivity index (χ2n) is 9.05. The first kappa shape index (κ1) is 27.9. The lowest BCUT2D eigenvalue weighted by atomic mass is 10.0. The number of esters is 1. The van der Waals surface area contributed by atoms with E-state index in [1.807, 2.05) is 44.2 Å². The normalized spacial score (nSPS) is 12.0. The van der Waals surface area contributed by atoms with Gasteiger partial charge in [-0.25, -0.2) is 14.4 Å². The lowest BCUT2D eigenvalue weighted by molar-refractivity contribution is -0.147. The van der Waals surface area contributed by atoms with Crippen LogP contribution in [-0.4, -0.2) is 60.7 Å². The predicted molar refractivity (Wildman–Crippen MR) is 122 cm³/mol. The van der Waals surface area contributed by atoms with E-state index in [0.29, 0.717) is 6.42 Å². The largest absolute Gasteiger partial charge is 0.467 e. The van der Waals surface area contributed by atoms with Crippen molar-refractivity contribution < 1.29 is 33.4 Å². The summed E-state index contributed by atoms with van der Waals surface area (Å²) in [5, 5.41) is 2.40. The van der Waals surface area contributed by atoms with Crippen LogP contribution in [0.2, 0.25) is 0 Å². The number of methoxy groups -OCH3 is 1. The SMILES string of the molecule is COC(=O)[C@H](CC(C)C)N(CCC(=O)CNC(=O)OC(C)(C)C)C(=O)OCc1ccccc1. The van der Waals surface area contributed by atoms with Crippen LogP contribution < -0.4 is 5.32 Å². The Morgan fingerprint density at radius 1 is 1.06 bits per heavy atom. The molecule has 184 valence electrons. The summed E-state index contributed by atoms with van der Waals surface area (Å²) < 4.78 is 15.4. The molecule has 0 unspecified atom stereocenters. The van der Waals surface area contributed by atoms with Crippen molar-refractivity contribution in [3.8, 4) is 0 Å². The molecule has 9 heteroatoms. The van der Waals surface area contributed by atoms with Crippen molar-refractivity contribution >= 4 is 23.9 Å². The highest BCUT2D eigenvalue weighted by atomic mass is 16.6. The summed E-state index contributed by atoms with van der Waals surface area (Å²) in [7, 11) is 1.25. The lowest BCUT2D eigenvalue weighted by Crippen LogP contribution is -2.47. The molecule has 0 radical (unpaired) electrons. The first-order valence-corrected chi connectivity index (χ1v) is 11.0. The number of amides is 2. The number of alkyl carbamates (subject to hydrolysis) is 1. The van der Waals surface area contributed by atoms with E-state index in [0.717, 1.165) is 5.56 Å². The third-order valence-corrected chi connectivity index (χ3v) is 4.44. The zero-order valence-corrected chi connectivity index (χ0v) is 20.4. The molecule has 0 saturated heterocycles. The average Bonchev–Trinajstić information content (AvgIpc) is 2.74. The van der Waals surface area contributed by atoms with Gasteiger partial charge in [-0.2, -0.15) is 0 Å². The lowest BCUT2D eigenvalue weighted by Gasteiger charge is -2.30. The van der Waals surface area contributed by atoms with Crippen LogP contribution in [0.4, 0.5) is 9.59 Å². The average molecular weight is 465 g/mol. The number of nitrogens with one attached hydrogen (secondary N) is 1. The summed E-state index contributed by atoms with van der Waals surface area (Å²) in [6, 6.07) is 8.24. The molecular weight excluding hydrogens is 428 g/mol. The van der Waals surface area contributed by atoms with Crippen LogP contribution >= 0.6 is 0 Å². The monoisotopic (exact) mass is 464 g/mol. The Kier molecular flexibility index (Phi) is 11.4. The zero-order chi connectivity index (χ0) is 25.0.